The predicted molar refractivity (Wildman–Crippen MR) is 74.0 cm³/mol. The van der Waals surface area contributed by atoms with Gasteiger partial charge in [0.1, 0.15) is 17.5 Å². The molecule has 0 saturated heterocycles. The Labute approximate surface area is 122 Å². The van der Waals surface area contributed by atoms with Crippen molar-refractivity contribution in [1.29, 1.82) is 0 Å². The van der Waals surface area contributed by atoms with Crippen LogP contribution in [0.25, 0.3) is 0 Å². The molecule has 112 valence electrons. The van der Waals surface area contributed by atoms with E-state index in [2.05, 4.69) is 15.9 Å². The molecule has 0 radical (unpaired) electrons. The topological polar surface area (TPSA) is 87.9 Å². The van der Waals surface area contributed by atoms with E-state index in [0.717, 1.165) is 0 Å². The third-order valence-corrected chi connectivity index (χ3v) is 2.41. The molecule has 0 aliphatic carbocycles. The Morgan fingerprint density at radius 1 is 1.21 bits per heavy atom. The van der Waals surface area contributed by atoms with Crippen molar-refractivity contribution in [3.8, 4) is 0 Å². The van der Waals surface area contributed by atoms with Gasteiger partial charge in [0.15, 0.2) is 0 Å². The molecule has 1 atom stereocenters. The van der Waals surface area contributed by atoms with Crippen molar-refractivity contribution < 1.29 is 23.8 Å². The zero-order valence-electron chi connectivity index (χ0n) is 11.6. The second kappa shape index (κ2) is 9.28. The third-order valence-electron chi connectivity index (χ3n) is 2.09. The molecule has 0 aliphatic heterocycles. The molecule has 0 aromatic rings. The van der Waals surface area contributed by atoms with Crippen molar-refractivity contribution in [2.24, 2.45) is 11.7 Å². The van der Waals surface area contributed by atoms with Crippen molar-refractivity contribution >= 4 is 27.9 Å². The summed E-state index contributed by atoms with van der Waals surface area (Å²) in [6, 6.07) is 0. The highest BCUT2D eigenvalue weighted by molar-refractivity contribution is 9.10. The first-order chi connectivity index (χ1) is 8.79. The summed E-state index contributed by atoms with van der Waals surface area (Å²) >= 11 is 3.18. The van der Waals surface area contributed by atoms with Gasteiger partial charge in [0.05, 0.1) is 19.1 Å². The number of alkyl halides is 1. The van der Waals surface area contributed by atoms with E-state index in [1.807, 2.05) is 0 Å². The molecule has 0 spiro atoms. The Bertz CT molecular complexity index is 290. The fourth-order valence-corrected chi connectivity index (χ4v) is 1.08. The first-order valence-corrected chi connectivity index (χ1v) is 6.89. The Hall–Kier alpha value is -0.660. The minimum absolute atomic E-state index is 0.00362. The van der Waals surface area contributed by atoms with Gasteiger partial charge in [-0.15, -0.1) is 0 Å². The minimum atomic E-state index is -0.757. The van der Waals surface area contributed by atoms with Crippen molar-refractivity contribution in [1.82, 2.24) is 0 Å². The van der Waals surface area contributed by atoms with Gasteiger partial charge in [-0.3, -0.25) is 9.59 Å². The molecule has 7 heteroatoms. The summed E-state index contributed by atoms with van der Waals surface area (Å²) in [6.07, 6.45) is 0. The Kier molecular flexibility index (Phi) is 8.95. The lowest BCUT2D eigenvalue weighted by Crippen LogP contribution is -2.30. The van der Waals surface area contributed by atoms with Crippen LogP contribution < -0.4 is 5.73 Å². The first-order valence-electron chi connectivity index (χ1n) is 6.09. The fourth-order valence-electron chi connectivity index (χ4n) is 0.969. The maximum Gasteiger partial charge on any atom is 0.322 e. The molecule has 6 nitrogen and oxygen atoms in total. The predicted octanol–water partition coefficient (Wildman–Crippen LogP) is 0.858. The van der Waals surface area contributed by atoms with E-state index >= 15 is 0 Å². The van der Waals surface area contributed by atoms with E-state index in [-0.39, 0.29) is 13.2 Å². The molecule has 0 amide bonds. The maximum absolute atomic E-state index is 11.5. The average Bonchev–Trinajstić information content (AvgIpc) is 2.33. The number of ether oxygens (including phenoxy) is 3. The first kappa shape index (κ1) is 18.3. The summed E-state index contributed by atoms with van der Waals surface area (Å²) in [5, 5.41) is 0. The summed E-state index contributed by atoms with van der Waals surface area (Å²) in [5.41, 5.74) is 5.24. The van der Waals surface area contributed by atoms with Crippen LogP contribution >= 0.6 is 15.9 Å². The zero-order valence-corrected chi connectivity index (χ0v) is 13.2. The Balaban J connectivity index is 3.79. The van der Waals surface area contributed by atoms with E-state index < -0.39 is 22.2 Å². The van der Waals surface area contributed by atoms with Gasteiger partial charge in [0, 0.05) is 6.54 Å². The van der Waals surface area contributed by atoms with Crippen LogP contribution in [0.1, 0.15) is 20.8 Å². The van der Waals surface area contributed by atoms with E-state index in [0.29, 0.717) is 19.8 Å². The van der Waals surface area contributed by atoms with Gasteiger partial charge in [-0.2, -0.15) is 0 Å². The minimum Gasteiger partial charge on any atom is -0.464 e. The smallest absolute Gasteiger partial charge is 0.322 e. The SMILES string of the molecule is CC(COC(=O)C(C)(C)Br)C(=O)OCCOCCN. The van der Waals surface area contributed by atoms with Gasteiger partial charge >= 0.3 is 11.9 Å². The number of hydrogen-bond donors (Lipinski definition) is 1. The Morgan fingerprint density at radius 2 is 1.84 bits per heavy atom. The van der Waals surface area contributed by atoms with Gasteiger partial charge in [-0.05, 0) is 20.8 Å². The lowest BCUT2D eigenvalue weighted by molar-refractivity contribution is -0.156. The molecule has 0 bridgehead atoms. The van der Waals surface area contributed by atoms with Gasteiger partial charge in [-0.25, -0.2) is 0 Å². The maximum atomic E-state index is 11.5. The van der Waals surface area contributed by atoms with Crippen molar-refractivity contribution in [2.45, 2.75) is 25.1 Å². The normalized spacial score (nSPS) is 12.9. The lowest BCUT2D eigenvalue weighted by atomic mass is 10.2. The molecule has 0 rings (SSSR count). The number of nitrogens with two attached hydrogens (primary N) is 1. The lowest BCUT2D eigenvalue weighted by Gasteiger charge is -2.17. The molecule has 0 heterocycles. The summed E-state index contributed by atoms with van der Waals surface area (Å²) < 4.78 is 14.3. The zero-order chi connectivity index (χ0) is 14.9. The molecule has 0 aliphatic rings. The van der Waals surface area contributed by atoms with Crippen LogP contribution in [0.5, 0.6) is 0 Å². The average molecular weight is 340 g/mol. The van der Waals surface area contributed by atoms with Crippen LogP contribution in [-0.4, -0.2) is 49.2 Å². The van der Waals surface area contributed by atoms with E-state index in [9.17, 15) is 9.59 Å². The summed E-state index contributed by atoms with van der Waals surface area (Å²) in [5.74, 6) is -1.34. The molecular weight excluding hydrogens is 318 g/mol. The standard InChI is InChI=1S/C12H22BrNO5/c1-9(8-19-11(16)12(2,3)13)10(15)18-7-6-17-5-4-14/h9H,4-8,14H2,1-3H3. The molecule has 19 heavy (non-hydrogen) atoms. The van der Waals surface area contributed by atoms with Gasteiger partial charge in [0.25, 0.3) is 0 Å². The van der Waals surface area contributed by atoms with Crippen molar-refractivity contribution in [2.75, 3.05) is 33.0 Å². The summed E-state index contributed by atoms with van der Waals surface area (Å²) in [6.45, 7) is 6.33. The highest BCUT2D eigenvalue weighted by Crippen LogP contribution is 2.18. The van der Waals surface area contributed by atoms with Crippen LogP contribution in [0.3, 0.4) is 0 Å². The van der Waals surface area contributed by atoms with Crippen LogP contribution in [-0.2, 0) is 23.8 Å². The monoisotopic (exact) mass is 339 g/mol. The number of rotatable bonds is 9. The largest absolute Gasteiger partial charge is 0.464 e. The second-order valence-corrected chi connectivity index (χ2v) is 6.52. The molecule has 1 unspecified atom stereocenters. The van der Waals surface area contributed by atoms with Crippen molar-refractivity contribution in [3.63, 3.8) is 0 Å². The summed E-state index contributed by atoms with van der Waals surface area (Å²) in [7, 11) is 0. The quantitative estimate of drug-likeness (QED) is 0.380. The van der Waals surface area contributed by atoms with E-state index in [4.69, 9.17) is 19.9 Å². The number of hydrogen-bond acceptors (Lipinski definition) is 6. The number of carbonyl (C=O) groups is 2. The van der Waals surface area contributed by atoms with E-state index in [1.54, 1.807) is 20.8 Å². The van der Waals surface area contributed by atoms with E-state index in [1.165, 1.54) is 0 Å². The molecule has 2 N–H and O–H groups in total. The van der Waals surface area contributed by atoms with Crippen LogP contribution in [0.2, 0.25) is 0 Å². The van der Waals surface area contributed by atoms with Gasteiger partial charge < -0.3 is 19.9 Å². The van der Waals surface area contributed by atoms with Crippen molar-refractivity contribution in [3.05, 3.63) is 0 Å². The second-order valence-electron chi connectivity index (χ2n) is 4.54. The number of halogens is 1. The Morgan fingerprint density at radius 3 is 2.37 bits per heavy atom. The van der Waals surface area contributed by atoms with Crippen LogP contribution in [0, 0.1) is 5.92 Å². The highest BCUT2D eigenvalue weighted by Gasteiger charge is 2.27. The van der Waals surface area contributed by atoms with Crippen LogP contribution in [0.15, 0.2) is 0 Å². The molecule has 0 aromatic heterocycles. The van der Waals surface area contributed by atoms with Gasteiger partial charge in [-0.1, -0.05) is 15.9 Å². The fraction of sp³-hybridized carbons (Fsp3) is 0.833. The molecule has 0 aromatic carbocycles. The number of esters is 2. The van der Waals surface area contributed by atoms with Crippen LogP contribution in [0.4, 0.5) is 0 Å². The third kappa shape index (κ3) is 8.96. The molecule has 0 fully saturated rings. The highest BCUT2D eigenvalue weighted by atomic mass is 79.9. The molecular formula is C12H22BrNO5. The molecule has 0 saturated carbocycles. The number of carbonyl (C=O) groups excluding carboxylic acids is 2. The van der Waals surface area contributed by atoms with Gasteiger partial charge in [0.2, 0.25) is 0 Å². The summed E-state index contributed by atoms with van der Waals surface area (Å²) in [4.78, 5) is 23.0.